The minimum Gasteiger partial charge on any atom is -0.378 e. The fraction of sp³-hybridized carbons (Fsp3) is 0.143. The number of nitrogens with zero attached hydrogens (tertiary/aromatic N) is 3. The standard InChI is InChI=1S/C14H13ClN4S/c1-10(11-8-14(15)20-9-11)18-12-2-4-13(5-3-12)19-16-6-7-17-19/h2-10,18H,1H3. The van der Waals surface area contributed by atoms with E-state index in [1.165, 1.54) is 5.56 Å². The van der Waals surface area contributed by atoms with Crippen molar-refractivity contribution in [2.75, 3.05) is 5.32 Å². The zero-order chi connectivity index (χ0) is 13.9. The van der Waals surface area contributed by atoms with Crippen LogP contribution in [-0.2, 0) is 0 Å². The largest absolute Gasteiger partial charge is 0.378 e. The Balaban J connectivity index is 1.72. The Hall–Kier alpha value is -1.85. The van der Waals surface area contributed by atoms with Gasteiger partial charge in [-0.1, -0.05) is 11.6 Å². The molecule has 3 aromatic rings. The second kappa shape index (κ2) is 5.64. The topological polar surface area (TPSA) is 42.7 Å². The fourth-order valence-electron chi connectivity index (χ4n) is 1.92. The van der Waals surface area contributed by atoms with E-state index in [1.54, 1.807) is 28.5 Å². The first-order chi connectivity index (χ1) is 9.72. The predicted octanol–water partition coefficient (Wildman–Crippen LogP) is 4.16. The van der Waals surface area contributed by atoms with E-state index in [1.807, 2.05) is 30.3 Å². The molecule has 2 heterocycles. The first-order valence-electron chi connectivity index (χ1n) is 6.19. The lowest BCUT2D eigenvalue weighted by Gasteiger charge is -2.14. The van der Waals surface area contributed by atoms with Crippen LogP contribution in [0, 0.1) is 0 Å². The highest BCUT2D eigenvalue weighted by molar-refractivity contribution is 7.14. The average molecular weight is 305 g/mol. The summed E-state index contributed by atoms with van der Waals surface area (Å²) >= 11 is 7.51. The average Bonchev–Trinajstić information content (AvgIpc) is 3.10. The molecular formula is C14H13ClN4S. The molecule has 2 aromatic heterocycles. The number of nitrogens with one attached hydrogen (secondary N) is 1. The molecule has 0 radical (unpaired) electrons. The van der Waals surface area contributed by atoms with Crippen molar-refractivity contribution in [3.8, 4) is 5.69 Å². The summed E-state index contributed by atoms with van der Waals surface area (Å²) < 4.78 is 0.814. The number of rotatable bonds is 4. The lowest BCUT2D eigenvalue weighted by Crippen LogP contribution is -2.05. The zero-order valence-electron chi connectivity index (χ0n) is 10.8. The molecule has 0 amide bonds. The molecule has 6 heteroatoms. The second-order valence-electron chi connectivity index (χ2n) is 4.42. The van der Waals surface area contributed by atoms with E-state index in [-0.39, 0.29) is 6.04 Å². The van der Waals surface area contributed by atoms with Crippen molar-refractivity contribution in [3.63, 3.8) is 0 Å². The van der Waals surface area contributed by atoms with Gasteiger partial charge in [-0.15, -0.1) is 11.3 Å². The summed E-state index contributed by atoms with van der Waals surface area (Å²) in [6, 6.07) is 10.2. The molecule has 102 valence electrons. The van der Waals surface area contributed by atoms with E-state index in [9.17, 15) is 0 Å². The van der Waals surface area contributed by atoms with Crippen LogP contribution in [0.3, 0.4) is 0 Å². The van der Waals surface area contributed by atoms with Crippen LogP contribution < -0.4 is 5.32 Å². The van der Waals surface area contributed by atoms with Gasteiger partial charge in [0.2, 0.25) is 0 Å². The van der Waals surface area contributed by atoms with Crippen molar-refractivity contribution in [1.82, 2.24) is 15.0 Å². The van der Waals surface area contributed by atoms with E-state index < -0.39 is 0 Å². The Labute approximate surface area is 126 Å². The van der Waals surface area contributed by atoms with Gasteiger partial charge >= 0.3 is 0 Å². The number of aromatic nitrogens is 3. The molecule has 0 spiro atoms. The van der Waals surface area contributed by atoms with Crippen LogP contribution in [0.15, 0.2) is 48.1 Å². The number of hydrogen-bond donors (Lipinski definition) is 1. The number of benzene rings is 1. The molecule has 3 rings (SSSR count). The summed E-state index contributed by atoms with van der Waals surface area (Å²) in [5.41, 5.74) is 3.18. The quantitative estimate of drug-likeness (QED) is 0.787. The Morgan fingerprint density at radius 3 is 2.50 bits per heavy atom. The van der Waals surface area contributed by atoms with Crippen molar-refractivity contribution in [2.45, 2.75) is 13.0 Å². The maximum Gasteiger partial charge on any atom is 0.0931 e. The number of anilines is 1. The predicted molar refractivity (Wildman–Crippen MR) is 82.7 cm³/mol. The third-order valence-corrected chi connectivity index (χ3v) is 4.10. The molecule has 4 nitrogen and oxygen atoms in total. The van der Waals surface area contributed by atoms with Crippen LogP contribution in [0.5, 0.6) is 0 Å². The van der Waals surface area contributed by atoms with Crippen LogP contribution in [0.2, 0.25) is 4.34 Å². The van der Waals surface area contributed by atoms with Gasteiger partial charge in [0, 0.05) is 11.7 Å². The van der Waals surface area contributed by atoms with E-state index in [0.29, 0.717) is 0 Å². The van der Waals surface area contributed by atoms with Crippen LogP contribution in [0.25, 0.3) is 5.69 Å². The summed E-state index contributed by atoms with van der Waals surface area (Å²) in [5.74, 6) is 0. The van der Waals surface area contributed by atoms with Crippen molar-refractivity contribution in [2.24, 2.45) is 0 Å². The first-order valence-corrected chi connectivity index (χ1v) is 7.45. The first kappa shape index (κ1) is 13.1. The molecule has 0 aliphatic heterocycles. The third-order valence-electron chi connectivity index (χ3n) is 2.99. The fourth-order valence-corrected chi connectivity index (χ4v) is 2.91. The summed E-state index contributed by atoms with van der Waals surface area (Å²) in [4.78, 5) is 1.59. The van der Waals surface area contributed by atoms with Gasteiger partial charge in [-0.2, -0.15) is 15.0 Å². The normalized spacial score (nSPS) is 12.3. The lowest BCUT2D eigenvalue weighted by molar-refractivity contribution is 0.752. The van der Waals surface area contributed by atoms with E-state index >= 15 is 0 Å². The van der Waals surface area contributed by atoms with Gasteiger partial charge in [-0.05, 0) is 48.2 Å². The minimum atomic E-state index is 0.215. The SMILES string of the molecule is CC(Nc1ccc(-n2nccn2)cc1)c1csc(Cl)c1. The Morgan fingerprint density at radius 1 is 1.20 bits per heavy atom. The van der Waals surface area contributed by atoms with Crippen molar-refractivity contribution in [1.29, 1.82) is 0 Å². The van der Waals surface area contributed by atoms with Crippen LogP contribution in [-0.4, -0.2) is 15.0 Å². The molecule has 0 saturated heterocycles. The van der Waals surface area contributed by atoms with Crippen molar-refractivity contribution < 1.29 is 0 Å². The van der Waals surface area contributed by atoms with Crippen LogP contribution in [0.4, 0.5) is 5.69 Å². The molecule has 20 heavy (non-hydrogen) atoms. The zero-order valence-corrected chi connectivity index (χ0v) is 12.4. The van der Waals surface area contributed by atoms with Crippen LogP contribution in [0.1, 0.15) is 18.5 Å². The lowest BCUT2D eigenvalue weighted by atomic mass is 10.1. The molecule has 1 unspecified atom stereocenters. The molecule has 0 aliphatic rings. The van der Waals surface area contributed by atoms with Gasteiger partial charge in [0.05, 0.1) is 22.4 Å². The monoisotopic (exact) mass is 304 g/mol. The molecular weight excluding hydrogens is 292 g/mol. The van der Waals surface area contributed by atoms with Gasteiger partial charge < -0.3 is 5.32 Å². The van der Waals surface area contributed by atoms with Crippen molar-refractivity contribution >= 4 is 28.6 Å². The smallest absolute Gasteiger partial charge is 0.0931 e. The van der Waals surface area contributed by atoms with Gasteiger partial charge in [0.15, 0.2) is 0 Å². The Morgan fingerprint density at radius 2 is 1.90 bits per heavy atom. The highest BCUT2D eigenvalue weighted by Gasteiger charge is 2.07. The summed E-state index contributed by atoms with van der Waals surface area (Å²) in [7, 11) is 0. The highest BCUT2D eigenvalue weighted by Crippen LogP contribution is 2.27. The summed E-state index contributed by atoms with van der Waals surface area (Å²) in [6.07, 6.45) is 3.32. The molecule has 1 N–H and O–H groups in total. The third kappa shape index (κ3) is 2.84. The van der Waals surface area contributed by atoms with E-state index in [2.05, 4.69) is 27.8 Å². The van der Waals surface area contributed by atoms with Gasteiger partial charge in [0.25, 0.3) is 0 Å². The Kier molecular flexibility index (Phi) is 3.71. The number of hydrogen-bond acceptors (Lipinski definition) is 4. The molecule has 1 atom stereocenters. The molecule has 0 bridgehead atoms. The maximum atomic E-state index is 5.96. The molecule has 0 aliphatic carbocycles. The van der Waals surface area contributed by atoms with Crippen LogP contribution >= 0.6 is 22.9 Å². The van der Waals surface area contributed by atoms with E-state index in [0.717, 1.165) is 15.7 Å². The van der Waals surface area contributed by atoms with E-state index in [4.69, 9.17) is 11.6 Å². The van der Waals surface area contributed by atoms with Gasteiger partial charge in [0.1, 0.15) is 0 Å². The van der Waals surface area contributed by atoms with Gasteiger partial charge in [-0.3, -0.25) is 0 Å². The summed E-state index contributed by atoms with van der Waals surface area (Å²) in [5, 5.41) is 13.7. The Bertz CT molecular complexity index is 676. The maximum absolute atomic E-state index is 5.96. The summed E-state index contributed by atoms with van der Waals surface area (Å²) in [6.45, 7) is 2.11. The highest BCUT2D eigenvalue weighted by atomic mass is 35.5. The number of halogens is 1. The number of thiophene rings is 1. The molecule has 1 aromatic carbocycles. The van der Waals surface area contributed by atoms with Gasteiger partial charge in [-0.25, -0.2) is 0 Å². The van der Waals surface area contributed by atoms with Crippen molar-refractivity contribution in [3.05, 3.63) is 58.0 Å². The minimum absolute atomic E-state index is 0.215. The molecule has 0 saturated carbocycles. The second-order valence-corrected chi connectivity index (χ2v) is 5.96. The molecule has 0 fully saturated rings.